The largest absolute Gasteiger partial charge is 0.399 e. The molecule has 0 amide bonds. The lowest BCUT2D eigenvalue weighted by atomic mass is 10.0. The van der Waals surface area contributed by atoms with Gasteiger partial charge >= 0.3 is 0 Å². The number of rotatable bonds is 1. The molecule has 2 N–H and O–H groups in total. The lowest BCUT2D eigenvalue weighted by Crippen LogP contribution is -1.87. The summed E-state index contributed by atoms with van der Waals surface area (Å²) in [7, 11) is 0. The van der Waals surface area contributed by atoms with Crippen molar-refractivity contribution in [3.05, 3.63) is 64.2 Å². The van der Waals surface area contributed by atoms with Crippen molar-refractivity contribution in [1.82, 2.24) is 0 Å². The molecule has 0 saturated carbocycles. The number of benzene rings is 2. The molecule has 1 aliphatic carbocycles. The first kappa shape index (κ1) is 11.4. The van der Waals surface area contributed by atoms with Gasteiger partial charge in [-0.15, -0.1) is 0 Å². The summed E-state index contributed by atoms with van der Waals surface area (Å²) in [6.07, 6.45) is 4.31. The number of hydrogen-bond donors (Lipinski definition) is 1. The number of allylic oxidation sites excluding steroid dienone is 1. The van der Waals surface area contributed by atoms with Crippen molar-refractivity contribution in [2.45, 2.75) is 12.8 Å². The molecule has 1 nitrogen and oxygen atoms in total. The van der Waals surface area contributed by atoms with Gasteiger partial charge < -0.3 is 5.73 Å². The van der Waals surface area contributed by atoms with Crippen LogP contribution < -0.4 is 5.73 Å². The molecule has 0 bridgehead atoms. The van der Waals surface area contributed by atoms with Gasteiger partial charge in [0.05, 0.1) is 0 Å². The second-order valence-electron chi connectivity index (χ2n) is 4.61. The number of anilines is 1. The van der Waals surface area contributed by atoms with E-state index < -0.39 is 0 Å². The van der Waals surface area contributed by atoms with Crippen molar-refractivity contribution in [2.24, 2.45) is 0 Å². The fourth-order valence-electron chi connectivity index (χ4n) is 2.47. The van der Waals surface area contributed by atoms with Crippen LogP contribution in [0.15, 0.2) is 42.5 Å². The van der Waals surface area contributed by atoms with Crippen LogP contribution in [-0.4, -0.2) is 0 Å². The molecule has 0 aromatic heterocycles. The van der Waals surface area contributed by atoms with E-state index in [0.29, 0.717) is 0 Å². The van der Waals surface area contributed by atoms with Crippen molar-refractivity contribution in [2.75, 3.05) is 5.73 Å². The standard InChI is InChI=1S/C16H14ClN/c17-16-4-2-1-3-13(16)9-11-5-6-12-10-14(18)7-8-15(11)12/h1-4,7-10H,5-6,18H2/b11-9-. The fraction of sp³-hybridized carbons (Fsp3) is 0.125. The van der Waals surface area contributed by atoms with Gasteiger partial charge in [0.15, 0.2) is 0 Å². The van der Waals surface area contributed by atoms with Crippen LogP contribution in [0.3, 0.4) is 0 Å². The topological polar surface area (TPSA) is 26.0 Å². The molecule has 18 heavy (non-hydrogen) atoms. The number of hydrogen-bond acceptors (Lipinski definition) is 1. The van der Waals surface area contributed by atoms with Crippen molar-refractivity contribution in [3.8, 4) is 0 Å². The lowest BCUT2D eigenvalue weighted by molar-refractivity contribution is 1.08. The van der Waals surface area contributed by atoms with Crippen molar-refractivity contribution >= 4 is 28.9 Å². The number of halogens is 1. The molecule has 0 atom stereocenters. The summed E-state index contributed by atoms with van der Waals surface area (Å²) in [5.41, 5.74) is 11.7. The Morgan fingerprint density at radius 3 is 2.72 bits per heavy atom. The highest BCUT2D eigenvalue weighted by Gasteiger charge is 2.16. The molecule has 0 fully saturated rings. The Balaban J connectivity index is 2.04. The highest BCUT2D eigenvalue weighted by Crippen LogP contribution is 2.35. The Morgan fingerprint density at radius 2 is 1.89 bits per heavy atom. The van der Waals surface area contributed by atoms with Gasteiger partial charge in [0.1, 0.15) is 0 Å². The molecule has 90 valence electrons. The van der Waals surface area contributed by atoms with Gasteiger partial charge in [-0.3, -0.25) is 0 Å². The van der Waals surface area contributed by atoms with Crippen LogP contribution in [0.5, 0.6) is 0 Å². The second-order valence-corrected chi connectivity index (χ2v) is 5.01. The predicted octanol–water partition coefficient (Wildman–Crippen LogP) is 4.41. The van der Waals surface area contributed by atoms with E-state index in [1.807, 2.05) is 30.3 Å². The maximum absolute atomic E-state index is 6.19. The molecule has 0 heterocycles. The van der Waals surface area contributed by atoms with Gasteiger partial charge in [-0.2, -0.15) is 0 Å². The Morgan fingerprint density at radius 1 is 1.06 bits per heavy atom. The zero-order valence-electron chi connectivity index (χ0n) is 9.99. The third-order valence-electron chi connectivity index (χ3n) is 3.37. The van der Waals surface area contributed by atoms with Crippen LogP contribution >= 0.6 is 11.6 Å². The first-order chi connectivity index (χ1) is 8.74. The molecular weight excluding hydrogens is 242 g/mol. The number of aryl methyl sites for hydroxylation is 1. The summed E-state index contributed by atoms with van der Waals surface area (Å²) in [4.78, 5) is 0. The minimum absolute atomic E-state index is 0.800. The molecule has 2 aromatic carbocycles. The summed E-state index contributed by atoms with van der Waals surface area (Å²) in [6, 6.07) is 14.1. The van der Waals surface area contributed by atoms with Crippen LogP contribution in [0.1, 0.15) is 23.1 Å². The van der Waals surface area contributed by atoms with Crippen LogP contribution in [0.2, 0.25) is 5.02 Å². The zero-order chi connectivity index (χ0) is 12.5. The molecule has 1 aliphatic rings. The molecule has 0 unspecified atom stereocenters. The smallest absolute Gasteiger partial charge is 0.0478 e. The van der Waals surface area contributed by atoms with Gasteiger partial charge in [0.25, 0.3) is 0 Å². The molecule has 0 radical (unpaired) electrons. The third-order valence-corrected chi connectivity index (χ3v) is 3.72. The van der Waals surface area contributed by atoms with E-state index in [2.05, 4.69) is 18.2 Å². The van der Waals surface area contributed by atoms with Crippen LogP contribution in [0.25, 0.3) is 11.6 Å². The Bertz CT molecular complexity index is 629. The molecule has 0 aliphatic heterocycles. The normalized spacial score (nSPS) is 15.9. The van der Waals surface area contributed by atoms with Crippen molar-refractivity contribution in [3.63, 3.8) is 0 Å². The highest BCUT2D eigenvalue weighted by molar-refractivity contribution is 6.32. The van der Waals surface area contributed by atoms with Gasteiger partial charge in [0, 0.05) is 10.7 Å². The van der Waals surface area contributed by atoms with Gasteiger partial charge in [-0.25, -0.2) is 0 Å². The van der Waals surface area contributed by atoms with E-state index in [1.165, 1.54) is 16.7 Å². The number of nitrogens with two attached hydrogens (primary N) is 1. The van der Waals surface area contributed by atoms with Crippen LogP contribution in [-0.2, 0) is 6.42 Å². The molecule has 0 spiro atoms. The van der Waals surface area contributed by atoms with Crippen molar-refractivity contribution in [1.29, 1.82) is 0 Å². The third kappa shape index (κ3) is 2.02. The van der Waals surface area contributed by atoms with E-state index in [4.69, 9.17) is 17.3 Å². The average Bonchev–Trinajstić information content (AvgIpc) is 2.74. The second kappa shape index (κ2) is 4.51. The zero-order valence-corrected chi connectivity index (χ0v) is 10.7. The van der Waals surface area contributed by atoms with Gasteiger partial charge in [-0.05, 0) is 59.4 Å². The van der Waals surface area contributed by atoms with Gasteiger partial charge in [0.2, 0.25) is 0 Å². The van der Waals surface area contributed by atoms with E-state index in [1.54, 1.807) is 0 Å². The van der Waals surface area contributed by atoms with E-state index >= 15 is 0 Å². The molecule has 0 saturated heterocycles. The minimum Gasteiger partial charge on any atom is -0.399 e. The summed E-state index contributed by atoms with van der Waals surface area (Å²) >= 11 is 6.19. The molecule has 2 heteroatoms. The quantitative estimate of drug-likeness (QED) is 0.751. The Kier molecular flexibility index (Phi) is 2.85. The van der Waals surface area contributed by atoms with Crippen LogP contribution in [0.4, 0.5) is 5.69 Å². The summed E-state index contributed by atoms with van der Waals surface area (Å²) in [5, 5.41) is 0.800. The average molecular weight is 256 g/mol. The minimum atomic E-state index is 0.800. The lowest BCUT2D eigenvalue weighted by Gasteiger charge is -2.03. The fourth-order valence-corrected chi connectivity index (χ4v) is 2.66. The van der Waals surface area contributed by atoms with E-state index in [9.17, 15) is 0 Å². The highest BCUT2D eigenvalue weighted by atomic mass is 35.5. The first-order valence-corrected chi connectivity index (χ1v) is 6.46. The summed E-state index contributed by atoms with van der Waals surface area (Å²) in [5.74, 6) is 0. The maximum atomic E-state index is 6.19. The summed E-state index contributed by atoms with van der Waals surface area (Å²) < 4.78 is 0. The molecule has 3 rings (SSSR count). The van der Waals surface area contributed by atoms with E-state index in [-0.39, 0.29) is 0 Å². The Labute approximate surface area is 112 Å². The van der Waals surface area contributed by atoms with Crippen LogP contribution in [0, 0.1) is 0 Å². The maximum Gasteiger partial charge on any atom is 0.0478 e. The predicted molar refractivity (Wildman–Crippen MR) is 78.5 cm³/mol. The SMILES string of the molecule is Nc1ccc2c(c1)CC/C2=C/c1ccccc1Cl. The molecular formula is C16H14ClN. The molecule has 2 aromatic rings. The monoisotopic (exact) mass is 255 g/mol. The Hall–Kier alpha value is -1.73. The van der Waals surface area contributed by atoms with E-state index in [0.717, 1.165) is 29.1 Å². The first-order valence-electron chi connectivity index (χ1n) is 6.08. The number of fused-ring (bicyclic) bond motifs is 1. The number of nitrogen functional groups attached to an aromatic ring is 1. The van der Waals surface area contributed by atoms with Crippen molar-refractivity contribution < 1.29 is 0 Å². The van der Waals surface area contributed by atoms with Gasteiger partial charge in [-0.1, -0.05) is 35.9 Å². The summed E-state index contributed by atoms with van der Waals surface area (Å²) in [6.45, 7) is 0.